The largest absolute Gasteiger partial charge is 0.442 e. The predicted molar refractivity (Wildman–Crippen MR) is 86.1 cm³/mol. The number of fused-ring (bicyclic) bond motifs is 1. The number of nitrogens with zero attached hydrogens (tertiary/aromatic N) is 2. The van der Waals surface area contributed by atoms with Crippen molar-refractivity contribution < 1.29 is 23.1 Å². The molecule has 2 amide bonds. The summed E-state index contributed by atoms with van der Waals surface area (Å²) in [6, 6.07) is 2.21. The van der Waals surface area contributed by atoms with Gasteiger partial charge in [0.15, 0.2) is 11.6 Å². The fraction of sp³-hybridized carbons (Fsp3) is 0.250. The average molecular weight is 365 g/mol. The maximum Gasteiger partial charge on any atom is 0.414 e. The number of hydrogen-bond donors (Lipinski definition) is 1. The minimum absolute atomic E-state index is 0.0770. The van der Waals surface area contributed by atoms with E-state index >= 15 is 0 Å². The van der Waals surface area contributed by atoms with Crippen molar-refractivity contribution in [2.75, 3.05) is 18.0 Å². The van der Waals surface area contributed by atoms with Crippen LogP contribution in [0, 0.1) is 11.6 Å². The number of rotatable bonds is 4. The van der Waals surface area contributed by atoms with Crippen LogP contribution in [0.2, 0.25) is 0 Å². The van der Waals surface area contributed by atoms with Crippen LogP contribution < -0.4 is 10.2 Å². The molecule has 0 bridgehead atoms. The van der Waals surface area contributed by atoms with Crippen LogP contribution in [0.25, 0.3) is 5.69 Å². The monoisotopic (exact) mass is 365 g/mol. The summed E-state index contributed by atoms with van der Waals surface area (Å²) in [6.07, 6.45) is 2.05. The summed E-state index contributed by atoms with van der Waals surface area (Å²) >= 11 is 1.56. The molecule has 4 rings (SSSR count). The molecule has 130 valence electrons. The number of ether oxygens (including phenoxy) is 1. The van der Waals surface area contributed by atoms with Crippen LogP contribution in [-0.4, -0.2) is 35.8 Å². The molecule has 25 heavy (non-hydrogen) atoms. The standard InChI is InChI=1S/C16H13F2N3O3S/c1-8(22)19-4-10-5-21(16(23)24-10)9-2-11(17)15(12(18)3-9)20-6-13-14(7-20)25-13/h2-3,6-7,10H,4-5H2,1H3,(H,19,22)/t10-/m0/s1. The molecular weight excluding hydrogens is 352 g/mol. The third-order valence-corrected chi connectivity index (χ3v) is 4.84. The first-order valence-electron chi connectivity index (χ1n) is 7.54. The Hall–Kier alpha value is -2.55. The van der Waals surface area contributed by atoms with Crippen LogP contribution in [0.3, 0.4) is 0 Å². The number of aromatic nitrogens is 1. The number of nitrogens with one attached hydrogen (secondary N) is 1. The first-order valence-corrected chi connectivity index (χ1v) is 8.36. The molecular formula is C16H13F2N3O3S. The molecule has 1 atom stereocenters. The highest BCUT2D eigenvalue weighted by Gasteiger charge is 2.33. The van der Waals surface area contributed by atoms with E-state index in [-0.39, 0.29) is 30.4 Å². The van der Waals surface area contributed by atoms with Crippen LogP contribution in [0.5, 0.6) is 0 Å². The van der Waals surface area contributed by atoms with Crippen molar-refractivity contribution in [3.63, 3.8) is 0 Å². The number of carbonyl (C=O) groups excluding carboxylic acids is 2. The summed E-state index contributed by atoms with van der Waals surface area (Å²) in [5.74, 6) is -1.79. The van der Waals surface area contributed by atoms with E-state index in [0.717, 1.165) is 26.8 Å². The lowest BCUT2D eigenvalue weighted by atomic mass is 10.2. The number of anilines is 1. The lowest BCUT2D eigenvalue weighted by Crippen LogP contribution is -2.33. The van der Waals surface area contributed by atoms with Crippen LogP contribution in [0.15, 0.2) is 34.3 Å². The van der Waals surface area contributed by atoms with Crippen molar-refractivity contribution in [3.05, 3.63) is 36.2 Å². The maximum atomic E-state index is 14.5. The lowest BCUT2D eigenvalue weighted by molar-refractivity contribution is -0.119. The zero-order valence-electron chi connectivity index (χ0n) is 13.1. The van der Waals surface area contributed by atoms with Crippen molar-refractivity contribution in [2.24, 2.45) is 0 Å². The first kappa shape index (κ1) is 15.9. The van der Waals surface area contributed by atoms with E-state index in [4.69, 9.17) is 4.74 Å². The molecule has 1 N–H and O–H groups in total. The Labute approximate surface area is 145 Å². The maximum absolute atomic E-state index is 14.5. The molecule has 1 aromatic heterocycles. The molecule has 0 radical (unpaired) electrons. The summed E-state index contributed by atoms with van der Waals surface area (Å²) < 4.78 is 35.4. The molecule has 1 aromatic carbocycles. The lowest BCUT2D eigenvalue weighted by Gasteiger charge is -2.15. The van der Waals surface area contributed by atoms with Crippen LogP contribution in [-0.2, 0) is 9.53 Å². The molecule has 2 aliphatic heterocycles. The third-order valence-electron chi connectivity index (χ3n) is 3.96. The number of carbonyl (C=O) groups is 2. The topological polar surface area (TPSA) is 63.6 Å². The van der Waals surface area contributed by atoms with Gasteiger partial charge in [-0.3, -0.25) is 9.69 Å². The molecule has 0 saturated carbocycles. The van der Waals surface area contributed by atoms with E-state index in [1.807, 2.05) is 0 Å². The zero-order chi connectivity index (χ0) is 17.7. The zero-order valence-corrected chi connectivity index (χ0v) is 13.9. The molecule has 1 fully saturated rings. The van der Waals surface area contributed by atoms with Crippen LogP contribution in [0.4, 0.5) is 19.3 Å². The molecule has 9 heteroatoms. The van der Waals surface area contributed by atoms with Crippen LogP contribution >= 0.6 is 11.8 Å². The Morgan fingerprint density at radius 3 is 2.56 bits per heavy atom. The Morgan fingerprint density at radius 2 is 1.96 bits per heavy atom. The van der Waals surface area contributed by atoms with Gasteiger partial charge in [0, 0.05) is 41.2 Å². The second kappa shape index (κ2) is 5.76. The fourth-order valence-electron chi connectivity index (χ4n) is 2.74. The highest BCUT2D eigenvalue weighted by molar-refractivity contribution is 8.05. The van der Waals surface area contributed by atoms with E-state index in [1.54, 1.807) is 24.2 Å². The highest BCUT2D eigenvalue weighted by Crippen LogP contribution is 2.49. The van der Waals surface area contributed by atoms with Crippen molar-refractivity contribution in [2.45, 2.75) is 22.8 Å². The van der Waals surface area contributed by atoms with Gasteiger partial charge >= 0.3 is 6.09 Å². The summed E-state index contributed by atoms with van der Waals surface area (Å²) in [5, 5.41) is 2.54. The third kappa shape index (κ3) is 2.95. The minimum atomic E-state index is -0.770. The van der Waals surface area contributed by atoms with Gasteiger partial charge < -0.3 is 14.6 Å². The molecule has 6 nitrogen and oxygen atoms in total. The predicted octanol–water partition coefficient (Wildman–Crippen LogP) is 2.68. The van der Waals surface area contributed by atoms with Gasteiger partial charge in [0.1, 0.15) is 11.8 Å². The smallest absolute Gasteiger partial charge is 0.414 e. The number of halogens is 2. The quantitative estimate of drug-likeness (QED) is 0.722. The Kier molecular flexibility index (Phi) is 3.68. The van der Waals surface area contributed by atoms with Gasteiger partial charge in [-0.25, -0.2) is 13.6 Å². The minimum Gasteiger partial charge on any atom is -0.442 e. The normalized spacial score (nSPS) is 18.1. The molecule has 0 spiro atoms. The van der Waals surface area contributed by atoms with E-state index in [1.165, 1.54) is 11.5 Å². The van der Waals surface area contributed by atoms with Gasteiger partial charge in [0.2, 0.25) is 5.91 Å². The Balaban J connectivity index is 1.57. The number of amides is 2. The van der Waals surface area contributed by atoms with E-state index < -0.39 is 23.8 Å². The summed E-state index contributed by atoms with van der Waals surface area (Å²) in [4.78, 5) is 26.0. The SMILES string of the molecule is CC(=O)NC[C@H]1CN(c2cc(F)c(-n3cc4c(c3)S4)c(F)c2)C(=O)O1. The number of benzene rings is 1. The Bertz CT molecular complexity index is 856. The van der Waals surface area contributed by atoms with Gasteiger partial charge in [-0.2, -0.15) is 0 Å². The van der Waals surface area contributed by atoms with Gasteiger partial charge in [-0.05, 0) is 0 Å². The van der Waals surface area contributed by atoms with Gasteiger partial charge in [0.05, 0.1) is 18.8 Å². The van der Waals surface area contributed by atoms with Crippen LogP contribution in [0.1, 0.15) is 6.92 Å². The number of cyclic esters (lactones) is 1. The second-order valence-electron chi connectivity index (χ2n) is 5.81. The van der Waals surface area contributed by atoms with E-state index in [2.05, 4.69) is 5.32 Å². The van der Waals surface area contributed by atoms with E-state index in [0.29, 0.717) is 0 Å². The van der Waals surface area contributed by atoms with Crippen molar-refractivity contribution in [1.29, 1.82) is 0 Å². The van der Waals surface area contributed by atoms with Gasteiger partial charge in [0.25, 0.3) is 0 Å². The summed E-state index contributed by atoms with van der Waals surface area (Å²) in [5.41, 5.74) is -0.105. The fourth-order valence-corrected chi connectivity index (χ4v) is 3.37. The van der Waals surface area contributed by atoms with Crippen molar-refractivity contribution >= 4 is 29.4 Å². The highest BCUT2D eigenvalue weighted by atomic mass is 32.2. The molecule has 2 aliphatic rings. The molecule has 0 unspecified atom stereocenters. The van der Waals surface area contributed by atoms with Gasteiger partial charge in [-0.15, -0.1) is 0 Å². The molecule has 1 saturated heterocycles. The van der Waals surface area contributed by atoms with Crippen molar-refractivity contribution in [1.82, 2.24) is 9.88 Å². The van der Waals surface area contributed by atoms with Gasteiger partial charge in [-0.1, -0.05) is 11.8 Å². The summed E-state index contributed by atoms with van der Waals surface area (Å²) in [6.45, 7) is 1.60. The molecule has 2 aromatic rings. The van der Waals surface area contributed by atoms with Crippen molar-refractivity contribution in [3.8, 4) is 5.69 Å². The Morgan fingerprint density at radius 1 is 1.32 bits per heavy atom. The number of hydrogen-bond acceptors (Lipinski definition) is 4. The summed E-state index contributed by atoms with van der Waals surface area (Å²) in [7, 11) is 0. The van der Waals surface area contributed by atoms with E-state index in [9.17, 15) is 18.4 Å². The average Bonchev–Trinajstić information content (AvgIpc) is 2.97. The first-order chi connectivity index (χ1) is 11.9. The molecule has 0 aliphatic carbocycles. The molecule has 3 heterocycles. The second-order valence-corrected chi connectivity index (χ2v) is 6.89.